The van der Waals surface area contributed by atoms with Gasteiger partial charge in [-0.3, -0.25) is 4.99 Å². The van der Waals surface area contributed by atoms with E-state index in [2.05, 4.69) is 22.0 Å². The fourth-order valence-corrected chi connectivity index (χ4v) is 2.86. The maximum absolute atomic E-state index is 6.00. The molecule has 112 valence electrons. The van der Waals surface area contributed by atoms with Crippen LogP contribution in [0.4, 0.5) is 0 Å². The van der Waals surface area contributed by atoms with E-state index in [-0.39, 0.29) is 0 Å². The van der Waals surface area contributed by atoms with Crippen molar-refractivity contribution in [3.63, 3.8) is 0 Å². The van der Waals surface area contributed by atoms with Crippen molar-refractivity contribution < 1.29 is 4.52 Å². The molecule has 0 radical (unpaired) electrons. The van der Waals surface area contributed by atoms with Crippen molar-refractivity contribution in [2.75, 3.05) is 19.8 Å². The third-order valence-electron chi connectivity index (χ3n) is 3.05. The average molecular weight is 324 g/mol. The Morgan fingerprint density at radius 2 is 2.24 bits per heavy atom. The molecule has 4 nitrogen and oxygen atoms in total. The van der Waals surface area contributed by atoms with E-state index in [9.17, 15) is 0 Å². The molecule has 0 N–H and O–H groups in total. The monoisotopic (exact) mass is 323 g/mol. The Hall–Kier alpha value is -1.46. The Morgan fingerprint density at radius 1 is 1.43 bits per heavy atom. The number of nitrogens with zero attached hydrogens (tertiary/aromatic N) is 3. The molecule has 0 spiro atoms. The van der Waals surface area contributed by atoms with Gasteiger partial charge < -0.3 is 9.42 Å². The van der Waals surface area contributed by atoms with E-state index in [1.165, 1.54) is 0 Å². The van der Waals surface area contributed by atoms with Gasteiger partial charge in [0, 0.05) is 30.2 Å². The van der Waals surface area contributed by atoms with Crippen LogP contribution >= 0.6 is 23.4 Å². The van der Waals surface area contributed by atoms with Gasteiger partial charge in [0.25, 0.3) is 0 Å². The minimum absolute atomic E-state index is 0.675. The van der Waals surface area contributed by atoms with Crippen LogP contribution in [0.2, 0.25) is 5.02 Å². The molecule has 2 rings (SSSR count). The van der Waals surface area contributed by atoms with Gasteiger partial charge >= 0.3 is 0 Å². The summed E-state index contributed by atoms with van der Waals surface area (Å²) in [6.45, 7) is 3.64. The second-order valence-corrected chi connectivity index (χ2v) is 5.63. The highest BCUT2D eigenvalue weighted by molar-refractivity contribution is 8.13. The van der Waals surface area contributed by atoms with Crippen LogP contribution in [-0.4, -0.2) is 35.1 Å². The van der Waals surface area contributed by atoms with Crippen molar-refractivity contribution in [3.8, 4) is 11.3 Å². The van der Waals surface area contributed by atoms with Crippen LogP contribution in [0, 0.1) is 0 Å². The van der Waals surface area contributed by atoms with Gasteiger partial charge in [-0.2, -0.15) is 0 Å². The first-order valence-electron chi connectivity index (χ1n) is 6.65. The van der Waals surface area contributed by atoms with E-state index in [1.807, 2.05) is 36.6 Å². The maximum Gasteiger partial charge on any atom is 0.167 e. The van der Waals surface area contributed by atoms with E-state index in [0.29, 0.717) is 11.6 Å². The number of aromatic nitrogens is 1. The summed E-state index contributed by atoms with van der Waals surface area (Å²) in [5, 5.41) is 5.81. The van der Waals surface area contributed by atoms with E-state index >= 15 is 0 Å². The van der Waals surface area contributed by atoms with Crippen LogP contribution in [-0.2, 0) is 6.54 Å². The number of aliphatic imine (C=N–C) groups is 1. The van der Waals surface area contributed by atoms with Crippen molar-refractivity contribution >= 4 is 28.5 Å². The van der Waals surface area contributed by atoms with Crippen molar-refractivity contribution in [1.82, 2.24) is 10.1 Å². The third-order valence-corrected chi connectivity index (χ3v) is 4.09. The lowest BCUT2D eigenvalue weighted by atomic mass is 10.1. The van der Waals surface area contributed by atoms with Crippen molar-refractivity contribution in [2.45, 2.75) is 13.5 Å². The van der Waals surface area contributed by atoms with Gasteiger partial charge in [-0.05, 0) is 25.3 Å². The van der Waals surface area contributed by atoms with Crippen LogP contribution < -0.4 is 0 Å². The molecule has 1 aromatic carbocycles. The summed E-state index contributed by atoms with van der Waals surface area (Å²) in [6.07, 6.45) is 2.02. The highest BCUT2D eigenvalue weighted by Crippen LogP contribution is 2.24. The molecule has 0 aliphatic carbocycles. The number of rotatable bonds is 4. The Balaban J connectivity index is 2.16. The summed E-state index contributed by atoms with van der Waals surface area (Å²) < 4.78 is 5.42. The first-order chi connectivity index (χ1) is 10.2. The molecule has 0 fully saturated rings. The number of hydrogen-bond acceptors (Lipinski definition) is 4. The first kappa shape index (κ1) is 15.9. The maximum atomic E-state index is 6.00. The molecule has 2 aromatic rings. The minimum Gasteiger partial charge on any atom is -0.356 e. The molecule has 0 amide bonds. The Labute approximate surface area is 134 Å². The zero-order valence-electron chi connectivity index (χ0n) is 12.3. The predicted molar refractivity (Wildman–Crippen MR) is 89.9 cm³/mol. The van der Waals surface area contributed by atoms with E-state index in [1.54, 1.807) is 18.8 Å². The number of thioether (sulfide) groups is 1. The van der Waals surface area contributed by atoms with Gasteiger partial charge in [0.15, 0.2) is 10.9 Å². The normalized spacial score (nSPS) is 11.7. The molecule has 0 aliphatic heterocycles. The third kappa shape index (κ3) is 4.02. The first-order valence-corrected chi connectivity index (χ1v) is 8.25. The van der Waals surface area contributed by atoms with Crippen molar-refractivity contribution in [1.29, 1.82) is 0 Å². The molecule has 0 unspecified atom stereocenters. The van der Waals surface area contributed by atoms with Crippen LogP contribution in [0.1, 0.15) is 12.6 Å². The standard InChI is InChI=1S/C15H18ClN3OS/c1-4-19(15(17-2)21-3)10-13-9-14(20-18-13)11-6-5-7-12(16)8-11/h5-9H,4,10H2,1-3H3. The van der Waals surface area contributed by atoms with E-state index < -0.39 is 0 Å². The summed E-state index contributed by atoms with van der Waals surface area (Å²) >= 11 is 7.63. The quantitative estimate of drug-likeness (QED) is 0.625. The molecule has 1 aromatic heterocycles. The van der Waals surface area contributed by atoms with E-state index in [0.717, 1.165) is 28.7 Å². The fraction of sp³-hybridized carbons (Fsp3) is 0.333. The molecule has 0 aliphatic rings. The SMILES string of the molecule is CCN(Cc1cc(-c2cccc(Cl)c2)on1)C(=NC)SC. The number of halogens is 1. The van der Waals surface area contributed by atoms with Crippen molar-refractivity contribution in [2.24, 2.45) is 4.99 Å². The summed E-state index contributed by atoms with van der Waals surface area (Å²) in [6, 6.07) is 9.50. The molecule has 6 heteroatoms. The van der Waals surface area contributed by atoms with Crippen LogP contribution in [0.5, 0.6) is 0 Å². The Bertz CT molecular complexity index is 627. The number of benzene rings is 1. The second kappa shape index (κ2) is 7.52. The van der Waals surface area contributed by atoms with Crippen LogP contribution in [0.25, 0.3) is 11.3 Å². The summed E-state index contributed by atoms with van der Waals surface area (Å²) in [5.74, 6) is 0.725. The van der Waals surface area contributed by atoms with Crippen LogP contribution in [0.3, 0.4) is 0 Å². The van der Waals surface area contributed by atoms with Crippen molar-refractivity contribution in [3.05, 3.63) is 41.0 Å². The lowest BCUT2D eigenvalue weighted by Gasteiger charge is -2.21. The smallest absolute Gasteiger partial charge is 0.167 e. The van der Waals surface area contributed by atoms with Gasteiger partial charge in [0.2, 0.25) is 0 Å². The highest BCUT2D eigenvalue weighted by Gasteiger charge is 2.13. The zero-order chi connectivity index (χ0) is 15.2. The van der Waals surface area contributed by atoms with Gasteiger partial charge in [-0.15, -0.1) is 0 Å². The molecule has 21 heavy (non-hydrogen) atoms. The van der Waals surface area contributed by atoms with Gasteiger partial charge in [-0.25, -0.2) is 0 Å². The molecule has 0 atom stereocenters. The highest BCUT2D eigenvalue weighted by atomic mass is 35.5. The topological polar surface area (TPSA) is 41.6 Å². The van der Waals surface area contributed by atoms with Gasteiger partial charge in [-0.1, -0.05) is 40.7 Å². The lowest BCUT2D eigenvalue weighted by molar-refractivity contribution is 0.389. The van der Waals surface area contributed by atoms with Gasteiger partial charge in [0.05, 0.1) is 6.54 Å². The molecule has 0 bridgehead atoms. The molecular formula is C15H18ClN3OS. The summed E-state index contributed by atoms with van der Waals surface area (Å²) in [5.41, 5.74) is 1.81. The molecule has 0 saturated carbocycles. The lowest BCUT2D eigenvalue weighted by Crippen LogP contribution is -2.28. The predicted octanol–water partition coefficient (Wildman–Crippen LogP) is 4.17. The van der Waals surface area contributed by atoms with E-state index in [4.69, 9.17) is 16.1 Å². The Kier molecular flexibility index (Phi) is 5.70. The van der Waals surface area contributed by atoms with Gasteiger partial charge in [0.1, 0.15) is 5.69 Å². The Morgan fingerprint density at radius 3 is 2.86 bits per heavy atom. The molecular weight excluding hydrogens is 306 g/mol. The summed E-state index contributed by atoms with van der Waals surface area (Å²) in [4.78, 5) is 6.44. The largest absolute Gasteiger partial charge is 0.356 e. The second-order valence-electron chi connectivity index (χ2n) is 4.42. The molecule has 1 heterocycles. The number of amidine groups is 1. The minimum atomic E-state index is 0.675. The molecule has 0 saturated heterocycles. The number of hydrogen-bond donors (Lipinski definition) is 0. The summed E-state index contributed by atoms with van der Waals surface area (Å²) in [7, 11) is 1.80. The van der Waals surface area contributed by atoms with Crippen LogP contribution in [0.15, 0.2) is 39.8 Å². The fourth-order valence-electron chi connectivity index (χ4n) is 2.04. The zero-order valence-corrected chi connectivity index (χ0v) is 13.9. The average Bonchev–Trinajstić information content (AvgIpc) is 2.96.